The number of carbonyl (C=O) groups is 1. The number of hydrogen-bond acceptors (Lipinski definition) is 7. The molecule has 0 bridgehead atoms. The molecular weight excluding hydrogens is 422 g/mol. The number of rotatable bonds is 4. The summed E-state index contributed by atoms with van der Waals surface area (Å²) in [6.45, 7) is 1.34. The number of aromatic hydroxyl groups is 2. The SMILES string of the molecule is NC1=NS(=O)(=O)Cc2cccc(OC[C@H]3CCCN(C(=O)c4ccc(O)cc4O)C3)c21. The minimum atomic E-state index is -3.62. The molecule has 1 saturated heterocycles. The Balaban J connectivity index is 1.45. The van der Waals surface area contributed by atoms with Crippen LogP contribution in [0.3, 0.4) is 0 Å². The van der Waals surface area contributed by atoms with E-state index in [9.17, 15) is 23.4 Å². The first kappa shape index (κ1) is 21.0. The zero-order valence-corrected chi connectivity index (χ0v) is 17.5. The number of sulfonamides is 1. The van der Waals surface area contributed by atoms with E-state index in [4.69, 9.17) is 10.5 Å². The van der Waals surface area contributed by atoms with Crippen molar-refractivity contribution in [2.75, 3.05) is 19.7 Å². The van der Waals surface area contributed by atoms with E-state index in [1.165, 1.54) is 12.1 Å². The number of benzene rings is 2. The lowest BCUT2D eigenvalue weighted by Gasteiger charge is -2.33. The van der Waals surface area contributed by atoms with Crippen LogP contribution in [0, 0.1) is 5.92 Å². The third kappa shape index (κ3) is 4.43. The van der Waals surface area contributed by atoms with E-state index >= 15 is 0 Å². The molecular formula is C21H23N3O6S. The monoisotopic (exact) mass is 445 g/mol. The average Bonchev–Trinajstić information content (AvgIpc) is 2.71. The molecule has 1 fully saturated rings. The molecule has 1 amide bonds. The zero-order chi connectivity index (χ0) is 22.2. The lowest BCUT2D eigenvalue weighted by Crippen LogP contribution is -2.41. The van der Waals surface area contributed by atoms with Gasteiger partial charge in [0, 0.05) is 25.1 Å². The third-order valence-electron chi connectivity index (χ3n) is 5.44. The number of nitrogens with zero attached hydrogens (tertiary/aromatic N) is 2. The molecule has 4 N–H and O–H groups in total. The summed E-state index contributed by atoms with van der Waals surface area (Å²) in [6, 6.07) is 9.03. The molecule has 0 aromatic heterocycles. The van der Waals surface area contributed by atoms with Crippen molar-refractivity contribution in [3.8, 4) is 17.2 Å². The highest BCUT2D eigenvalue weighted by molar-refractivity contribution is 7.89. The van der Waals surface area contributed by atoms with E-state index in [1.807, 2.05) is 0 Å². The summed E-state index contributed by atoms with van der Waals surface area (Å²) in [4.78, 5) is 14.5. The van der Waals surface area contributed by atoms with Crippen molar-refractivity contribution >= 4 is 21.8 Å². The topological polar surface area (TPSA) is 143 Å². The second-order valence-corrected chi connectivity index (χ2v) is 9.40. The molecule has 1 atom stereocenters. The summed E-state index contributed by atoms with van der Waals surface area (Å²) in [7, 11) is -3.62. The average molecular weight is 445 g/mol. The van der Waals surface area contributed by atoms with Crippen LogP contribution in [0.2, 0.25) is 0 Å². The number of carbonyl (C=O) groups excluding carboxylic acids is 1. The fourth-order valence-corrected chi connectivity index (χ4v) is 5.09. The maximum absolute atomic E-state index is 12.8. The number of ether oxygens (including phenoxy) is 1. The first-order valence-corrected chi connectivity index (χ1v) is 11.5. The van der Waals surface area contributed by atoms with Crippen LogP contribution in [0.15, 0.2) is 40.8 Å². The Hall–Kier alpha value is -3.27. The Morgan fingerprint density at radius 3 is 2.84 bits per heavy atom. The number of hydrogen-bond donors (Lipinski definition) is 3. The molecule has 0 radical (unpaired) electrons. The van der Waals surface area contributed by atoms with Crippen LogP contribution in [-0.2, 0) is 15.8 Å². The number of phenols is 2. The van der Waals surface area contributed by atoms with E-state index < -0.39 is 10.0 Å². The Morgan fingerprint density at radius 2 is 2.06 bits per heavy atom. The summed E-state index contributed by atoms with van der Waals surface area (Å²) >= 11 is 0. The fourth-order valence-electron chi connectivity index (χ4n) is 4.00. The van der Waals surface area contributed by atoms with Gasteiger partial charge in [-0.15, -0.1) is 4.40 Å². The van der Waals surface area contributed by atoms with Gasteiger partial charge in [0.25, 0.3) is 15.9 Å². The van der Waals surface area contributed by atoms with E-state index in [-0.39, 0.29) is 40.5 Å². The van der Waals surface area contributed by atoms with Gasteiger partial charge in [-0.25, -0.2) is 8.42 Å². The van der Waals surface area contributed by atoms with Crippen LogP contribution < -0.4 is 10.5 Å². The highest BCUT2D eigenvalue weighted by atomic mass is 32.2. The van der Waals surface area contributed by atoms with Crippen molar-refractivity contribution in [1.82, 2.24) is 4.90 Å². The van der Waals surface area contributed by atoms with Gasteiger partial charge in [0.2, 0.25) is 0 Å². The number of fused-ring (bicyclic) bond motifs is 1. The lowest BCUT2D eigenvalue weighted by molar-refractivity contribution is 0.0630. The lowest BCUT2D eigenvalue weighted by atomic mass is 9.98. The van der Waals surface area contributed by atoms with Crippen LogP contribution in [0.1, 0.15) is 34.3 Å². The smallest absolute Gasteiger partial charge is 0.259 e. The quantitative estimate of drug-likeness (QED) is 0.648. The highest BCUT2D eigenvalue weighted by Gasteiger charge is 2.28. The van der Waals surface area contributed by atoms with E-state index in [1.54, 1.807) is 23.1 Å². The van der Waals surface area contributed by atoms with Gasteiger partial charge in [-0.3, -0.25) is 4.79 Å². The molecule has 31 heavy (non-hydrogen) atoms. The Morgan fingerprint density at radius 1 is 1.26 bits per heavy atom. The van der Waals surface area contributed by atoms with Gasteiger partial charge in [-0.2, -0.15) is 0 Å². The van der Waals surface area contributed by atoms with Crippen molar-refractivity contribution in [1.29, 1.82) is 0 Å². The van der Waals surface area contributed by atoms with Gasteiger partial charge in [0.15, 0.2) is 0 Å². The maximum Gasteiger partial charge on any atom is 0.259 e. The standard InChI is InChI=1S/C21H23N3O6S/c22-20-19-14(12-31(28,29)23-20)4-1-5-18(19)30-11-13-3-2-8-24(10-13)21(27)16-7-6-15(25)9-17(16)26/h1,4-7,9,13,25-26H,2-3,8,10-12H2,(H2,22,23)/t13-/m0/s1. The van der Waals surface area contributed by atoms with Crippen molar-refractivity contribution in [3.05, 3.63) is 53.1 Å². The van der Waals surface area contributed by atoms with E-state index in [0.29, 0.717) is 36.6 Å². The molecule has 2 aliphatic rings. The summed E-state index contributed by atoms with van der Waals surface area (Å²) in [5.74, 6) is -0.459. The maximum atomic E-state index is 12.8. The number of likely N-dealkylation sites (tertiary alicyclic amines) is 1. The van der Waals surface area contributed by atoms with Crippen LogP contribution in [0.25, 0.3) is 0 Å². The second-order valence-electron chi connectivity index (χ2n) is 7.76. The van der Waals surface area contributed by atoms with Crippen molar-refractivity contribution in [3.63, 3.8) is 0 Å². The minimum Gasteiger partial charge on any atom is -0.508 e. The molecule has 4 rings (SSSR count). The summed E-state index contributed by atoms with van der Waals surface area (Å²) in [5, 5.41) is 19.4. The molecule has 2 aromatic carbocycles. The van der Waals surface area contributed by atoms with Gasteiger partial charge in [0.1, 0.15) is 23.1 Å². The van der Waals surface area contributed by atoms with Crippen molar-refractivity contribution in [2.45, 2.75) is 18.6 Å². The minimum absolute atomic E-state index is 0.0540. The zero-order valence-electron chi connectivity index (χ0n) is 16.7. The van der Waals surface area contributed by atoms with Crippen LogP contribution in [0.5, 0.6) is 17.2 Å². The molecule has 164 valence electrons. The first-order valence-electron chi connectivity index (χ1n) is 9.88. The molecule has 10 heteroatoms. The van der Waals surface area contributed by atoms with Crippen LogP contribution in [0.4, 0.5) is 0 Å². The van der Waals surface area contributed by atoms with Gasteiger partial charge < -0.3 is 25.6 Å². The Bertz CT molecular complexity index is 1160. The normalized spacial score (nSPS) is 19.9. The number of nitrogens with two attached hydrogens (primary N) is 1. The summed E-state index contributed by atoms with van der Waals surface area (Å²) < 4.78 is 33.2. The molecule has 9 nitrogen and oxygen atoms in total. The molecule has 0 aliphatic carbocycles. The number of amidine groups is 1. The molecule has 0 unspecified atom stereocenters. The van der Waals surface area contributed by atoms with Crippen molar-refractivity contribution in [2.24, 2.45) is 16.0 Å². The molecule has 0 saturated carbocycles. The fraction of sp³-hybridized carbons (Fsp3) is 0.333. The van der Waals surface area contributed by atoms with Gasteiger partial charge >= 0.3 is 0 Å². The third-order valence-corrected chi connectivity index (χ3v) is 6.59. The number of piperidine rings is 1. The number of amides is 1. The Kier molecular flexibility index (Phi) is 5.48. The van der Waals surface area contributed by atoms with Gasteiger partial charge in [-0.1, -0.05) is 12.1 Å². The predicted molar refractivity (Wildman–Crippen MR) is 114 cm³/mol. The van der Waals surface area contributed by atoms with Crippen molar-refractivity contribution < 1.29 is 28.2 Å². The first-order chi connectivity index (χ1) is 14.7. The van der Waals surface area contributed by atoms with E-state index in [2.05, 4.69) is 4.40 Å². The van der Waals surface area contributed by atoms with Gasteiger partial charge in [0.05, 0.1) is 23.5 Å². The molecule has 2 heterocycles. The predicted octanol–water partition coefficient (Wildman–Crippen LogP) is 1.58. The van der Waals surface area contributed by atoms with Crippen LogP contribution in [-0.4, -0.2) is 55.0 Å². The second kappa shape index (κ2) is 8.10. The molecule has 2 aromatic rings. The largest absolute Gasteiger partial charge is 0.508 e. The highest BCUT2D eigenvalue weighted by Crippen LogP contribution is 2.30. The Labute approximate surface area is 179 Å². The summed E-state index contributed by atoms with van der Waals surface area (Å²) in [5.41, 5.74) is 7.06. The number of phenolic OH excluding ortho intramolecular Hbond substituents is 2. The molecule has 2 aliphatic heterocycles. The van der Waals surface area contributed by atoms with Gasteiger partial charge in [-0.05, 0) is 36.6 Å². The summed E-state index contributed by atoms with van der Waals surface area (Å²) in [6.07, 6.45) is 1.64. The van der Waals surface area contributed by atoms with Crippen LogP contribution >= 0.6 is 0 Å². The van der Waals surface area contributed by atoms with E-state index in [0.717, 1.165) is 18.9 Å². The molecule has 0 spiro atoms.